The number of aromatic nitrogens is 1. The van der Waals surface area contributed by atoms with Gasteiger partial charge in [0, 0.05) is 16.4 Å². The second-order valence-corrected chi connectivity index (χ2v) is 5.02. The van der Waals surface area contributed by atoms with Gasteiger partial charge in [-0.2, -0.15) is 0 Å². The van der Waals surface area contributed by atoms with Crippen molar-refractivity contribution in [2.75, 3.05) is 6.26 Å². The van der Waals surface area contributed by atoms with Crippen LogP contribution in [0.25, 0.3) is 0 Å². The van der Waals surface area contributed by atoms with Crippen molar-refractivity contribution in [3.63, 3.8) is 0 Å². The smallest absolute Gasteiger partial charge is 0.235 e. The van der Waals surface area contributed by atoms with Crippen LogP contribution in [-0.2, 0) is 10.0 Å². The molecule has 0 radical (unpaired) electrons. The summed E-state index contributed by atoms with van der Waals surface area (Å²) in [5, 5.41) is 0. The van der Waals surface area contributed by atoms with Crippen LogP contribution in [0.1, 0.15) is 5.69 Å². The van der Waals surface area contributed by atoms with E-state index in [1.165, 1.54) is 16.4 Å². The van der Waals surface area contributed by atoms with Crippen molar-refractivity contribution in [3.8, 4) is 0 Å². The first-order valence-electron chi connectivity index (χ1n) is 2.97. The van der Waals surface area contributed by atoms with Crippen LogP contribution in [0.3, 0.4) is 0 Å². The third-order valence-electron chi connectivity index (χ3n) is 1.39. The molecule has 3 nitrogen and oxygen atoms in total. The van der Waals surface area contributed by atoms with Gasteiger partial charge < -0.3 is 0 Å². The Bertz CT molecular complexity index is 366. The Kier molecular flexibility index (Phi) is 2.11. The molecule has 0 fully saturated rings. The summed E-state index contributed by atoms with van der Waals surface area (Å²) < 4.78 is 24.1. The van der Waals surface area contributed by atoms with Crippen molar-refractivity contribution in [2.24, 2.45) is 0 Å². The molecule has 0 amide bonds. The highest BCUT2D eigenvalue weighted by molar-refractivity contribution is 9.10. The second kappa shape index (κ2) is 2.64. The van der Waals surface area contributed by atoms with E-state index in [0.29, 0.717) is 5.69 Å². The molecule has 0 atom stereocenters. The number of halogens is 1. The van der Waals surface area contributed by atoms with E-state index in [-0.39, 0.29) is 0 Å². The van der Waals surface area contributed by atoms with Crippen molar-refractivity contribution in [1.29, 1.82) is 0 Å². The number of hydrogen-bond donors (Lipinski definition) is 0. The van der Waals surface area contributed by atoms with Crippen molar-refractivity contribution >= 4 is 26.0 Å². The fourth-order valence-corrected chi connectivity index (χ4v) is 2.13. The van der Waals surface area contributed by atoms with E-state index in [0.717, 1.165) is 4.47 Å². The molecule has 1 aromatic heterocycles. The molecule has 0 saturated heterocycles. The maximum absolute atomic E-state index is 11.0. The molecule has 0 unspecified atom stereocenters. The predicted molar refractivity (Wildman–Crippen MR) is 47.1 cm³/mol. The Morgan fingerprint density at radius 1 is 1.55 bits per heavy atom. The first-order chi connectivity index (χ1) is 4.93. The molecule has 11 heavy (non-hydrogen) atoms. The molecule has 0 aliphatic heterocycles. The summed E-state index contributed by atoms with van der Waals surface area (Å²) in [6.45, 7) is 1.74. The van der Waals surface area contributed by atoms with Gasteiger partial charge in [-0.3, -0.25) is 0 Å². The van der Waals surface area contributed by atoms with E-state index in [9.17, 15) is 8.42 Å². The molecule has 1 aromatic rings. The first kappa shape index (κ1) is 8.80. The monoisotopic (exact) mass is 237 g/mol. The minimum Gasteiger partial charge on any atom is -0.249 e. The van der Waals surface area contributed by atoms with Gasteiger partial charge in [0.25, 0.3) is 0 Å². The summed E-state index contributed by atoms with van der Waals surface area (Å²) in [6, 6.07) is 1.70. The van der Waals surface area contributed by atoms with Crippen LogP contribution in [-0.4, -0.2) is 18.6 Å². The van der Waals surface area contributed by atoms with Crippen molar-refractivity contribution in [2.45, 2.75) is 6.92 Å². The van der Waals surface area contributed by atoms with E-state index in [4.69, 9.17) is 0 Å². The standard InChI is InChI=1S/C6H8BrNO2S/c1-5-6(7)3-4-8(5)11(2,9)10/h3-4H,1-2H3. The van der Waals surface area contributed by atoms with Crippen LogP contribution in [0.4, 0.5) is 0 Å². The predicted octanol–water partition coefficient (Wildman–Crippen LogP) is 1.37. The van der Waals surface area contributed by atoms with Gasteiger partial charge in [-0.1, -0.05) is 0 Å². The van der Waals surface area contributed by atoms with Gasteiger partial charge >= 0.3 is 0 Å². The summed E-state index contributed by atoms with van der Waals surface area (Å²) in [4.78, 5) is 0. The van der Waals surface area contributed by atoms with E-state index < -0.39 is 10.0 Å². The largest absolute Gasteiger partial charge is 0.249 e. The van der Waals surface area contributed by atoms with Crippen LogP contribution in [0.5, 0.6) is 0 Å². The summed E-state index contributed by atoms with van der Waals surface area (Å²) >= 11 is 3.22. The first-order valence-corrected chi connectivity index (χ1v) is 5.61. The zero-order chi connectivity index (χ0) is 8.65. The summed E-state index contributed by atoms with van der Waals surface area (Å²) in [6.07, 6.45) is 2.70. The van der Waals surface area contributed by atoms with Crippen LogP contribution in [0.15, 0.2) is 16.7 Å². The lowest BCUT2D eigenvalue weighted by molar-refractivity contribution is 0.592. The molecule has 0 spiro atoms. The average Bonchev–Trinajstić information content (AvgIpc) is 2.11. The summed E-state index contributed by atoms with van der Waals surface area (Å²) in [7, 11) is -3.13. The van der Waals surface area contributed by atoms with Gasteiger partial charge in [0.2, 0.25) is 10.0 Å². The lowest BCUT2D eigenvalue weighted by Gasteiger charge is -2.01. The lowest BCUT2D eigenvalue weighted by atomic mass is 10.5. The normalized spacial score (nSPS) is 11.9. The van der Waals surface area contributed by atoms with Crippen LogP contribution < -0.4 is 0 Å². The highest BCUT2D eigenvalue weighted by Gasteiger charge is 2.09. The molecule has 0 saturated carbocycles. The van der Waals surface area contributed by atoms with E-state index >= 15 is 0 Å². The molecule has 5 heteroatoms. The Hall–Kier alpha value is -0.290. The fraction of sp³-hybridized carbons (Fsp3) is 0.333. The molecular weight excluding hydrogens is 230 g/mol. The van der Waals surface area contributed by atoms with Crippen molar-refractivity contribution < 1.29 is 8.42 Å². The maximum Gasteiger partial charge on any atom is 0.235 e. The molecule has 0 bridgehead atoms. The number of rotatable bonds is 1. The fourth-order valence-electron chi connectivity index (χ4n) is 0.830. The van der Waals surface area contributed by atoms with Gasteiger partial charge in [-0.25, -0.2) is 12.4 Å². The zero-order valence-electron chi connectivity index (χ0n) is 6.20. The number of hydrogen-bond acceptors (Lipinski definition) is 2. The lowest BCUT2D eigenvalue weighted by Crippen LogP contribution is -2.09. The molecule has 0 aliphatic rings. The van der Waals surface area contributed by atoms with E-state index in [2.05, 4.69) is 15.9 Å². The highest BCUT2D eigenvalue weighted by atomic mass is 79.9. The Morgan fingerprint density at radius 2 is 2.09 bits per heavy atom. The third-order valence-corrected chi connectivity index (χ3v) is 3.34. The van der Waals surface area contributed by atoms with Crippen LogP contribution >= 0.6 is 15.9 Å². The van der Waals surface area contributed by atoms with E-state index in [1.54, 1.807) is 13.0 Å². The quantitative estimate of drug-likeness (QED) is 0.741. The zero-order valence-corrected chi connectivity index (χ0v) is 8.61. The minimum atomic E-state index is -3.13. The van der Waals surface area contributed by atoms with E-state index in [1.807, 2.05) is 0 Å². The topological polar surface area (TPSA) is 39.1 Å². The van der Waals surface area contributed by atoms with Gasteiger partial charge in [0.15, 0.2) is 0 Å². The molecule has 62 valence electrons. The van der Waals surface area contributed by atoms with Crippen molar-refractivity contribution in [3.05, 3.63) is 22.4 Å². The van der Waals surface area contributed by atoms with Gasteiger partial charge in [0.1, 0.15) is 0 Å². The molecule has 1 heterocycles. The third kappa shape index (κ3) is 1.65. The SMILES string of the molecule is Cc1c(Br)ccn1S(C)(=O)=O. The van der Waals surface area contributed by atoms with Crippen LogP contribution in [0, 0.1) is 6.92 Å². The molecule has 1 rings (SSSR count). The molecule has 0 aliphatic carbocycles. The average molecular weight is 238 g/mol. The maximum atomic E-state index is 11.0. The molecule has 0 N–H and O–H groups in total. The summed E-state index contributed by atoms with van der Waals surface area (Å²) in [5.74, 6) is 0. The van der Waals surface area contributed by atoms with Gasteiger partial charge in [-0.15, -0.1) is 0 Å². The Labute approximate surface area is 74.2 Å². The summed E-state index contributed by atoms with van der Waals surface area (Å²) in [5.41, 5.74) is 0.701. The second-order valence-electron chi connectivity index (χ2n) is 2.31. The Morgan fingerprint density at radius 3 is 2.27 bits per heavy atom. The van der Waals surface area contributed by atoms with Crippen LogP contribution in [0.2, 0.25) is 0 Å². The molecular formula is C6H8BrNO2S. The van der Waals surface area contributed by atoms with Gasteiger partial charge in [0.05, 0.1) is 6.26 Å². The van der Waals surface area contributed by atoms with Gasteiger partial charge in [-0.05, 0) is 28.9 Å². The van der Waals surface area contributed by atoms with Crippen molar-refractivity contribution in [1.82, 2.24) is 3.97 Å². The molecule has 0 aromatic carbocycles. The Balaban J connectivity index is 3.38. The highest BCUT2D eigenvalue weighted by Crippen LogP contribution is 2.17. The number of nitrogens with zero attached hydrogens (tertiary/aromatic N) is 1. The minimum absolute atomic E-state index is 0.701.